The van der Waals surface area contributed by atoms with Gasteiger partial charge in [0.1, 0.15) is 0 Å². The van der Waals surface area contributed by atoms with Crippen molar-refractivity contribution in [1.29, 1.82) is 0 Å². The van der Waals surface area contributed by atoms with Crippen molar-refractivity contribution in [2.45, 2.75) is 19.4 Å². The van der Waals surface area contributed by atoms with Gasteiger partial charge in [0.15, 0.2) is 11.5 Å². The number of hydrogen-bond donors (Lipinski definition) is 1. The zero-order chi connectivity index (χ0) is 22.2. The molecule has 1 N–H and O–H groups in total. The van der Waals surface area contributed by atoms with E-state index in [9.17, 15) is 9.59 Å². The van der Waals surface area contributed by atoms with Gasteiger partial charge in [0, 0.05) is 31.6 Å². The highest BCUT2D eigenvalue weighted by atomic mass is 35.5. The molecule has 2 aromatic rings. The smallest absolute Gasteiger partial charge is 0.246 e. The number of methoxy groups -OCH3 is 2. The standard InChI is InChI=1S/C24H27ClN2O4/c1-30-21-15-18(14-20(25)23(21)31-2)8-9-22(28)27-12-10-19(11-13-27)24(29)26-16-17-6-4-3-5-7-17/h3-9,14-15,19H,10-13,16H2,1-2H3,(H,26,29)/b9-8+. The Bertz CT molecular complexity index is 938. The van der Waals surface area contributed by atoms with Gasteiger partial charge in [0.05, 0.1) is 19.2 Å². The molecule has 164 valence electrons. The number of nitrogens with one attached hydrogen (secondary N) is 1. The molecule has 0 aromatic heterocycles. The van der Waals surface area contributed by atoms with Gasteiger partial charge in [0.25, 0.3) is 0 Å². The van der Waals surface area contributed by atoms with Crippen LogP contribution in [0.1, 0.15) is 24.0 Å². The monoisotopic (exact) mass is 442 g/mol. The fourth-order valence-corrected chi connectivity index (χ4v) is 3.89. The minimum atomic E-state index is -0.0888. The Balaban J connectivity index is 1.51. The van der Waals surface area contributed by atoms with Gasteiger partial charge in [0.2, 0.25) is 11.8 Å². The van der Waals surface area contributed by atoms with Gasteiger partial charge >= 0.3 is 0 Å². The van der Waals surface area contributed by atoms with Crippen LogP contribution >= 0.6 is 11.6 Å². The molecule has 1 aliphatic rings. The van der Waals surface area contributed by atoms with Crippen molar-refractivity contribution in [2.24, 2.45) is 5.92 Å². The first-order valence-corrected chi connectivity index (χ1v) is 10.6. The predicted molar refractivity (Wildman–Crippen MR) is 121 cm³/mol. The van der Waals surface area contributed by atoms with Crippen molar-refractivity contribution in [3.8, 4) is 11.5 Å². The second kappa shape index (κ2) is 10.9. The number of amides is 2. The maximum atomic E-state index is 12.6. The summed E-state index contributed by atoms with van der Waals surface area (Å²) in [5, 5.41) is 3.41. The van der Waals surface area contributed by atoms with Crippen molar-refractivity contribution in [2.75, 3.05) is 27.3 Å². The average molecular weight is 443 g/mol. The van der Waals surface area contributed by atoms with Crippen molar-refractivity contribution in [1.82, 2.24) is 10.2 Å². The second-order valence-electron chi connectivity index (χ2n) is 7.37. The van der Waals surface area contributed by atoms with Gasteiger partial charge in [-0.2, -0.15) is 0 Å². The van der Waals surface area contributed by atoms with Crippen LogP contribution in [0.3, 0.4) is 0 Å². The lowest BCUT2D eigenvalue weighted by Gasteiger charge is -2.30. The third kappa shape index (κ3) is 6.01. The Morgan fingerprint density at radius 2 is 1.84 bits per heavy atom. The molecule has 0 bridgehead atoms. The zero-order valence-corrected chi connectivity index (χ0v) is 18.5. The first kappa shape index (κ1) is 22.7. The third-order valence-corrected chi connectivity index (χ3v) is 5.64. The zero-order valence-electron chi connectivity index (χ0n) is 17.8. The summed E-state index contributed by atoms with van der Waals surface area (Å²) in [6.45, 7) is 1.63. The van der Waals surface area contributed by atoms with Crippen LogP contribution in [0, 0.1) is 5.92 Å². The van der Waals surface area contributed by atoms with Gasteiger partial charge in [-0.05, 0) is 42.2 Å². The van der Waals surface area contributed by atoms with Crippen LogP contribution in [0.2, 0.25) is 5.02 Å². The van der Waals surface area contributed by atoms with Gasteiger partial charge in [-0.3, -0.25) is 9.59 Å². The van der Waals surface area contributed by atoms with E-state index in [1.54, 1.807) is 23.1 Å². The van der Waals surface area contributed by atoms with Gasteiger partial charge in [-0.15, -0.1) is 0 Å². The highest BCUT2D eigenvalue weighted by Gasteiger charge is 2.26. The number of halogens is 1. The lowest BCUT2D eigenvalue weighted by Crippen LogP contribution is -2.42. The summed E-state index contributed by atoms with van der Waals surface area (Å²) in [6.07, 6.45) is 4.53. The summed E-state index contributed by atoms with van der Waals surface area (Å²) < 4.78 is 10.5. The summed E-state index contributed by atoms with van der Waals surface area (Å²) in [5.74, 6) is 0.853. The average Bonchev–Trinajstić information content (AvgIpc) is 2.81. The van der Waals surface area contributed by atoms with E-state index in [0.717, 1.165) is 11.1 Å². The van der Waals surface area contributed by atoms with Gasteiger partial charge < -0.3 is 19.7 Å². The van der Waals surface area contributed by atoms with Crippen LogP contribution in [0.15, 0.2) is 48.5 Å². The van der Waals surface area contributed by atoms with Crippen LogP contribution < -0.4 is 14.8 Å². The van der Waals surface area contributed by atoms with E-state index in [2.05, 4.69) is 5.32 Å². The molecule has 1 aliphatic heterocycles. The number of ether oxygens (including phenoxy) is 2. The normalized spacial score (nSPS) is 14.5. The number of carbonyl (C=O) groups excluding carboxylic acids is 2. The van der Waals surface area contributed by atoms with Gasteiger partial charge in [-0.25, -0.2) is 0 Å². The summed E-state index contributed by atoms with van der Waals surface area (Å²) in [7, 11) is 3.06. The Morgan fingerprint density at radius 1 is 1.13 bits per heavy atom. The molecule has 1 heterocycles. The minimum absolute atomic E-state index is 0.0477. The molecule has 0 aliphatic carbocycles. The molecule has 31 heavy (non-hydrogen) atoms. The largest absolute Gasteiger partial charge is 0.493 e. The second-order valence-corrected chi connectivity index (χ2v) is 7.78. The lowest BCUT2D eigenvalue weighted by atomic mass is 9.95. The summed E-state index contributed by atoms with van der Waals surface area (Å²) in [6, 6.07) is 13.3. The number of rotatable bonds is 7. The highest BCUT2D eigenvalue weighted by molar-refractivity contribution is 6.32. The molecule has 1 saturated heterocycles. The molecule has 1 fully saturated rings. The Kier molecular flexibility index (Phi) is 7.95. The Morgan fingerprint density at radius 3 is 2.48 bits per heavy atom. The van der Waals surface area contributed by atoms with Crippen LogP contribution in [0.5, 0.6) is 11.5 Å². The van der Waals surface area contributed by atoms with E-state index in [-0.39, 0.29) is 17.7 Å². The number of likely N-dealkylation sites (tertiary alicyclic amines) is 1. The Hall–Kier alpha value is -2.99. The quantitative estimate of drug-likeness (QED) is 0.660. The van der Waals surface area contributed by atoms with E-state index in [4.69, 9.17) is 21.1 Å². The number of benzene rings is 2. The molecule has 0 saturated carbocycles. The molecular weight excluding hydrogens is 416 g/mol. The number of piperidine rings is 1. The maximum absolute atomic E-state index is 12.6. The minimum Gasteiger partial charge on any atom is -0.493 e. The third-order valence-electron chi connectivity index (χ3n) is 5.36. The lowest BCUT2D eigenvalue weighted by molar-refractivity contribution is -0.132. The van der Waals surface area contributed by atoms with Crippen molar-refractivity contribution < 1.29 is 19.1 Å². The van der Waals surface area contributed by atoms with E-state index in [1.807, 2.05) is 30.3 Å². The predicted octanol–water partition coefficient (Wildman–Crippen LogP) is 3.93. The molecule has 0 atom stereocenters. The molecule has 7 heteroatoms. The number of nitrogens with zero attached hydrogens (tertiary/aromatic N) is 1. The Labute approximate surface area is 187 Å². The molecule has 2 aromatic carbocycles. The first-order chi connectivity index (χ1) is 15.0. The van der Waals surface area contributed by atoms with E-state index in [1.165, 1.54) is 20.3 Å². The van der Waals surface area contributed by atoms with E-state index in [0.29, 0.717) is 49.0 Å². The molecule has 0 unspecified atom stereocenters. The van der Waals surface area contributed by atoms with Crippen molar-refractivity contribution in [3.63, 3.8) is 0 Å². The summed E-state index contributed by atoms with van der Waals surface area (Å²) >= 11 is 6.22. The van der Waals surface area contributed by atoms with Gasteiger partial charge in [-0.1, -0.05) is 41.9 Å². The molecular formula is C24H27ClN2O4. The SMILES string of the molecule is COc1cc(/C=C/C(=O)N2CCC(C(=O)NCc3ccccc3)CC2)cc(Cl)c1OC. The first-order valence-electron chi connectivity index (χ1n) is 10.2. The fourth-order valence-electron chi connectivity index (χ4n) is 3.60. The highest BCUT2D eigenvalue weighted by Crippen LogP contribution is 2.36. The van der Waals surface area contributed by atoms with Crippen LogP contribution in [-0.4, -0.2) is 44.0 Å². The number of hydrogen-bond acceptors (Lipinski definition) is 4. The number of carbonyl (C=O) groups is 2. The fraction of sp³-hybridized carbons (Fsp3) is 0.333. The molecule has 0 radical (unpaired) electrons. The van der Waals surface area contributed by atoms with Crippen LogP contribution in [-0.2, 0) is 16.1 Å². The van der Waals surface area contributed by atoms with Crippen molar-refractivity contribution in [3.05, 3.63) is 64.7 Å². The van der Waals surface area contributed by atoms with Crippen LogP contribution in [0.4, 0.5) is 0 Å². The van der Waals surface area contributed by atoms with Crippen molar-refractivity contribution >= 4 is 29.5 Å². The van der Waals surface area contributed by atoms with Crippen LogP contribution in [0.25, 0.3) is 6.08 Å². The van der Waals surface area contributed by atoms with E-state index >= 15 is 0 Å². The molecule has 3 rings (SSSR count). The topological polar surface area (TPSA) is 67.9 Å². The maximum Gasteiger partial charge on any atom is 0.246 e. The summed E-state index contributed by atoms with van der Waals surface area (Å²) in [4.78, 5) is 26.8. The molecule has 6 nitrogen and oxygen atoms in total. The molecule has 0 spiro atoms. The summed E-state index contributed by atoms with van der Waals surface area (Å²) in [5.41, 5.74) is 1.81. The molecule has 2 amide bonds. The van der Waals surface area contributed by atoms with E-state index < -0.39 is 0 Å².